The number of ether oxygens (including phenoxy) is 1. The molecule has 2 N–H and O–H groups in total. The van der Waals surface area contributed by atoms with Gasteiger partial charge in [0.1, 0.15) is 5.75 Å². The van der Waals surface area contributed by atoms with Crippen LogP contribution < -0.4 is 0 Å². The zero-order valence-electron chi connectivity index (χ0n) is 12.3. The summed E-state index contributed by atoms with van der Waals surface area (Å²) < 4.78 is 4.70. The Hall–Kier alpha value is -2.37. The first kappa shape index (κ1) is 17.7. The summed E-state index contributed by atoms with van der Waals surface area (Å²) in [5.74, 6) is -2.22. The lowest BCUT2D eigenvalue weighted by Gasteiger charge is -2.04. The second kappa shape index (κ2) is 9.55. The molecule has 0 saturated heterocycles. The number of phenols is 1. The summed E-state index contributed by atoms with van der Waals surface area (Å²) in [4.78, 5) is 33.1. The van der Waals surface area contributed by atoms with Gasteiger partial charge in [-0.25, -0.2) is 4.79 Å². The van der Waals surface area contributed by atoms with Crippen molar-refractivity contribution >= 4 is 17.7 Å². The monoisotopic (exact) mass is 308 g/mol. The predicted octanol–water partition coefficient (Wildman–Crippen LogP) is 2.08. The van der Waals surface area contributed by atoms with Gasteiger partial charge in [0.25, 0.3) is 0 Å². The van der Waals surface area contributed by atoms with Crippen LogP contribution in [0.1, 0.15) is 37.7 Å². The van der Waals surface area contributed by atoms with Crippen molar-refractivity contribution in [1.29, 1.82) is 0 Å². The number of phenolic OH excluding ortho intramolecular Hbond substituents is 1. The fourth-order valence-corrected chi connectivity index (χ4v) is 1.85. The zero-order valence-corrected chi connectivity index (χ0v) is 12.3. The second-order valence-electron chi connectivity index (χ2n) is 4.93. The van der Waals surface area contributed by atoms with Gasteiger partial charge in [-0.2, -0.15) is 0 Å². The first-order valence-corrected chi connectivity index (χ1v) is 7.18. The molecule has 0 saturated carbocycles. The molecule has 0 unspecified atom stereocenters. The number of aryl methyl sites for hydroxylation is 1. The van der Waals surface area contributed by atoms with Gasteiger partial charge in [0.15, 0.2) is 0 Å². The molecule has 0 aliphatic rings. The maximum atomic E-state index is 11.5. The van der Waals surface area contributed by atoms with E-state index in [4.69, 9.17) is 14.9 Å². The third-order valence-electron chi connectivity index (χ3n) is 3.05. The second-order valence-corrected chi connectivity index (χ2v) is 4.93. The maximum absolute atomic E-state index is 11.5. The Morgan fingerprint density at radius 2 is 1.64 bits per heavy atom. The molecule has 6 heteroatoms. The van der Waals surface area contributed by atoms with E-state index in [0.29, 0.717) is 6.42 Å². The number of aliphatic carboxylic acids is 1. The number of carboxylic acid groups (broad SMARTS) is 1. The van der Waals surface area contributed by atoms with Crippen LogP contribution >= 0.6 is 0 Å². The fourth-order valence-electron chi connectivity index (χ4n) is 1.85. The van der Waals surface area contributed by atoms with Gasteiger partial charge in [0.2, 0.25) is 5.78 Å². The van der Waals surface area contributed by atoms with E-state index in [1.807, 2.05) is 12.1 Å². The number of esters is 1. The normalized spacial score (nSPS) is 10.2. The van der Waals surface area contributed by atoms with Crippen molar-refractivity contribution in [2.75, 3.05) is 6.61 Å². The Morgan fingerprint density at radius 1 is 0.955 bits per heavy atom. The molecular formula is C16H20O6. The average Bonchev–Trinajstić information content (AvgIpc) is 2.49. The number of hydrogen-bond acceptors (Lipinski definition) is 5. The SMILES string of the molecule is O=C(O)CCCOC(=O)C(=O)CCCCc1ccc(O)cc1. The van der Waals surface area contributed by atoms with Crippen molar-refractivity contribution in [2.24, 2.45) is 0 Å². The molecule has 0 spiro atoms. The van der Waals surface area contributed by atoms with Crippen LogP contribution in [0.3, 0.4) is 0 Å². The van der Waals surface area contributed by atoms with Gasteiger partial charge in [-0.1, -0.05) is 12.1 Å². The van der Waals surface area contributed by atoms with E-state index in [9.17, 15) is 14.4 Å². The first-order valence-electron chi connectivity index (χ1n) is 7.18. The van der Waals surface area contributed by atoms with E-state index in [2.05, 4.69) is 0 Å². The quantitative estimate of drug-likeness (QED) is 0.390. The molecule has 22 heavy (non-hydrogen) atoms. The highest BCUT2D eigenvalue weighted by Crippen LogP contribution is 2.12. The topological polar surface area (TPSA) is 101 Å². The van der Waals surface area contributed by atoms with Gasteiger partial charge in [0.05, 0.1) is 6.61 Å². The molecule has 0 aliphatic carbocycles. The summed E-state index contributed by atoms with van der Waals surface area (Å²) in [6.07, 6.45) is 2.33. The number of carbonyl (C=O) groups excluding carboxylic acids is 2. The van der Waals surface area contributed by atoms with Crippen molar-refractivity contribution in [3.05, 3.63) is 29.8 Å². The van der Waals surface area contributed by atoms with Gasteiger partial charge < -0.3 is 14.9 Å². The number of benzene rings is 1. The summed E-state index contributed by atoms with van der Waals surface area (Å²) in [6, 6.07) is 6.84. The van der Waals surface area contributed by atoms with Crippen LogP contribution in [-0.2, 0) is 25.5 Å². The number of carboxylic acids is 1. The van der Waals surface area contributed by atoms with Crippen LogP contribution in [0.5, 0.6) is 5.75 Å². The number of hydrogen-bond donors (Lipinski definition) is 2. The minimum absolute atomic E-state index is 0.0512. The number of ketones is 1. The summed E-state index contributed by atoms with van der Waals surface area (Å²) in [7, 11) is 0. The van der Waals surface area contributed by atoms with Gasteiger partial charge >= 0.3 is 11.9 Å². The average molecular weight is 308 g/mol. The molecule has 6 nitrogen and oxygen atoms in total. The molecule has 1 aromatic carbocycles. The lowest BCUT2D eigenvalue weighted by Crippen LogP contribution is -2.18. The maximum Gasteiger partial charge on any atom is 0.374 e. The zero-order chi connectivity index (χ0) is 16.4. The van der Waals surface area contributed by atoms with Crippen LogP contribution in [0.2, 0.25) is 0 Å². The molecule has 0 heterocycles. The molecule has 0 atom stereocenters. The molecule has 1 rings (SSSR count). The van der Waals surface area contributed by atoms with E-state index in [-0.39, 0.29) is 31.6 Å². The van der Waals surface area contributed by atoms with Crippen molar-refractivity contribution in [1.82, 2.24) is 0 Å². The minimum Gasteiger partial charge on any atom is -0.508 e. The van der Waals surface area contributed by atoms with Crippen LogP contribution in [0.15, 0.2) is 24.3 Å². The smallest absolute Gasteiger partial charge is 0.374 e. The summed E-state index contributed by atoms with van der Waals surface area (Å²) in [6.45, 7) is -0.0512. The molecule has 1 aromatic rings. The lowest BCUT2D eigenvalue weighted by atomic mass is 10.1. The molecule has 0 fully saturated rings. The summed E-state index contributed by atoms with van der Waals surface area (Å²) in [5.41, 5.74) is 1.06. The molecule has 0 aliphatic heterocycles. The van der Waals surface area contributed by atoms with Gasteiger partial charge in [-0.15, -0.1) is 0 Å². The first-order chi connectivity index (χ1) is 10.5. The number of rotatable bonds is 10. The summed E-state index contributed by atoms with van der Waals surface area (Å²) >= 11 is 0. The lowest BCUT2D eigenvalue weighted by molar-refractivity contribution is -0.154. The largest absolute Gasteiger partial charge is 0.508 e. The van der Waals surface area contributed by atoms with Crippen molar-refractivity contribution in [2.45, 2.75) is 38.5 Å². The van der Waals surface area contributed by atoms with E-state index in [0.717, 1.165) is 18.4 Å². The summed E-state index contributed by atoms with van der Waals surface area (Å²) in [5, 5.41) is 17.6. The van der Waals surface area contributed by atoms with E-state index >= 15 is 0 Å². The van der Waals surface area contributed by atoms with Crippen LogP contribution in [-0.4, -0.2) is 34.5 Å². The third-order valence-corrected chi connectivity index (χ3v) is 3.05. The standard InChI is InChI=1S/C16H20O6/c17-13-9-7-12(8-10-13)4-1-2-5-14(18)16(21)22-11-3-6-15(19)20/h7-10,17H,1-6,11H2,(H,19,20). The molecule has 0 radical (unpaired) electrons. The van der Waals surface area contributed by atoms with Crippen LogP contribution in [0.4, 0.5) is 0 Å². The third kappa shape index (κ3) is 7.42. The van der Waals surface area contributed by atoms with Crippen LogP contribution in [0, 0.1) is 0 Å². The Labute approximate surface area is 128 Å². The molecular weight excluding hydrogens is 288 g/mol. The number of unbranched alkanes of at least 4 members (excludes halogenated alkanes) is 1. The molecule has 0 amide bonds. The Morgan fingerprint density at radius 3 is 2.27 bits per heavy atom. The van der Waals surface area contributed by atoms with Crippen molar-refractivity contribution in [3.8, 4) is 5.75 Å². The highest BCUT2D eigenvalue weighted by atomic mass is 16.5. The predicted molar refractivity (Wildman–Crippen MR) is 78.5 cm³/mol. The highest BCUT2D eigenvalue weighted by Gasteiger charge is 2.14. The Kier molecular flexibility index (Phi) is 7.67. The van der Waals surface area contributed by atoms with E-state index < -0.39 is 17.7 Å². The van der Waals surface area contributed by atoms with Gasteiger partial charge in [-0.05, 0) is 43.4 Å². The molecule has 120 valence electrons. The molecule has 0 aromatic heterocycles. The van der Waals surface area contributed by atoms with Gasteiger partial charge in [0, 0.05) is 12.8 Å². The van der Waals surface area contributed by atoms with Crippen molar-refractivity contribution in [3.63, 3.8) is 0 Å². The fraction of sp³-hybridized carbons (Fsp3) is 0.438. The minimum atomic E-state index is -0.961. The highest BCUT2D eigenvalue weighted by molar-refractivity contribution is 6.33. The Balaban J connectivity index is 2.13. The van der Waals surface area contributed by atoms with Crippen molar-refractivity contribution < 1.29 is 29.3 Å². The van der Waals surface area contributed by atoms with Crippen LogP contribution in [0.25, 0.3) is 0 Å². The molecule has 0 bridgehead atoms. The number of aromatic hydroxyl groups is 1. The van der Waals surface area contributed by atoms with E-state index in [1.54, 1.807) is 12.1 Å². The number of carbonyl (C=O) groups is 3. The van der Waals surface area contributed by atoms with E-state index in [1.165, 1.54) is 0 Å². The number of Topliss-reactive ketones (excluding diaryl/α,β-unsaturated/α-hetero) is 1. The Bertz CT molecular complexity index is 506. The van der Waals surface area contributed by atoms with Gasteiger partial charge in [-0.3, -0.25) is 9.59 Å².